The molecule has 0 aliphatic heterocycles. The molecule has 0 amide bonds. The van der Waals surface area contributed by atoms with Crippen LogP contribution in [0.2, 0.25) is 0 Å². The maximum Gasteiger partial charge on any atom is 0.164 e. The molecule has 1 atom stereocenters. The molecule has 56 heavy (non-hydrogen) atoms. The monoisotopic (exact) mass is 720 g/mol. The van der Waals surface area contributed by atoms with Crippen LogP contribution in [0.5, 0.6) is 0 Å². The van der Waals surface area contributed by atoms with Crippen LogP contribution in [0.1, 0.15) is 72.3 Å². The first-order valence-corrected chi connectivity index (χ1v) is 19.8. The van der Waals surface area contributed by atoms with E-state index in [1.54, 1.807) is 0 Å². The van der Waals surface area contributed by atoms with Crippen LogP contribution in [-0.4, -0.2) is 15.0 Å². The van der Waals surface area contributed by atoms with Crippen molar-refractivity contribution < 1.29 is 0 Å². The van der Waals surface area contributed by atoms with Crippen LogP contribution in [0.15, 0.2) is 164 Å². The first-order chi connectivity index (χ1) is 27.7. The molecule has 0 N–H and O–H groups in total. The van der Waals surface area contributed by atoms with E-state index in [2.05, 4.69) is 103 Å². The van der Waals surface area contributed by atoms with Crippen molar-refractivity contribution in [1.82, 2.24) is 15.0 Å². The first-order valence-electron chi connectivity index (χ1n) is 19.8. The van der Waals surface area contributed by atoms with Gasteiger partial charge in [-0.2, -0.15) is 5.26 Å². The van der Waals surface area contributed by atoms with Gasteiger partial charge in [-0.15, -0.1) is 0 Å². The number of aromatic nitrogens is 3. The molecule has 0 radical (unpaired) electrons. The van der Waals surface area contributed by atoms with Crippen molar-refractivity contribution in [2.24, 2.45) is 0 Å². The van der Waals surface area contributed by atoms with E-state index in [1.807, 2.05) is 66.7 Å². The maximum absolute atomic E-state index is 9.84. The quantitative estimate of drug-likeness (QED) is 0.172. The first kappa shape index (κ1) is 33.8. The van der Waals surface area contributed by atoms with Crippen LogP contribution in [0, 0.1) is 11.3 Å². The van der Waals surface area contributed by atoms with Crippen LogP contribution in [0.3, 0.4) is 0 Å². The summed E-state index contributed by atoms with van der Waals surface area (Å²) < 4.78 is 0. The second-order valence-corrected chi connectivity index (χ2v) is 15.4. The Hall–Kier alpha value is -6.70. The van der Waals surface area contributed by atoms with Crippen LogP contribution < -0.4 is 0 Å². The zero-order chi connectivity index (χ0) is 37.5. The standard InChI is InChI=1S/C52H40N4/c53-34-35-23-28-45-47(31-35)52(29-8-3-9-30-52)46-22-12-21-44(48(45)46)43-20-11-19-42(33-43)41-18-10-17-40(32-41)36-24-26-39(27-25-36)51-55-49(37-13-4-1-5-14-37)54-50(56-51)38-15-6-2-7-16-38/h1-2,4-7,10-28,31-32,42H,3,8-9,29-30,33H2. The molecule has 1 spiro atoms. The Morgan fingerprint density at radius 1 is 0.536 bits per heavy atom. The number of hydrogen-bond acceptors (Lipinski definition) is 4. The summed E-state index contributed by atoms with van der Waals surface area (Å²) in [5.41, 5.74) is 15.5. The highest BCUT2D eigenvalue weighted by atomic mass is 15.0. The summed E-state index contributed by atoms with van der Waals surface area (Å²) in [6.45, 7) is 0. The molecule has 1 heterocycles. The number of hydrogen-bond donors (Lipinski definition) is 0. The van der Waals surface area contributed by atoms with Crippen molar-refractivity contribution in [3.05, 3.63) is 192 Å². The van der Waals surface area contributed by atoms with Gasteiger partial charge in [0, 0.05) is 28.0 Å². The van der Waals surface area contributed by atoms with Gasteiger partial charge < -0.3 is 0 Å². The largest absolute Gasteiger partial charge is 0.208 e. The second kappa shape index (κ2) is 14.2. The average Bonchev–Trinajstić information content (AvgIpc) is 3.55. The Labute approximate surface area is 328 Å². The fourth-order valence-electron chi connectivity index (χ4n) is 9.38. The molecule has 10 rings (SSSR count). The van der Waals surface area contributed by atoms with Gasteiger partial charge in [0.25, 0.3) is 0 Å². The normalized spacial score (nSPS) is 16.5. The SMILES string of the molecule is N#Cc1ccc2c(c1)C1(CCCCC1)c1cccc(C3=CC=CC(c4cccc(-c5ccc(-c6nc(-c7ccccc7)nc(-c7ccccc7)n6)cc5)c4)C3)c1-2. The molecule has 1 saturated carbocycles. The van der Waals surface area contributed by atoms with Crippen LogP contribution in [-0.2, 0) is 5.41 Å². The minimum Gasteiger partial charge on any atom is -0.208 e. The smallest absolute Gasteiger partial charge is 0.164 e. The Bertz CT molecular complexity index is 2640. The number of allylic oxidation sites excluding steroid dienone is 4. The highest BCUT2D eigenvalue weighted by Crippen LogP contribution is 2.58. The lowest BCUT2D eigenvalue weighted by atomic mass is 9.67. The van der Waals surface area contributed by atoms with Crippen molar-refractivity contribution in [2.75, 3.05) is 0 Å². The Morgan fingerprint density at radius 2 is 1.16 bits per heavy atom. The Morgan fingerprint density at radius 3 is 1.84 bits per heavy atom. The lowest BCUT2D eigenvalue weighted by Gasteiger charge is -2.36. The molecule has 3 aliphatic carbocycles. The van der Waals surface area contributed by atoms with Gasteiger partial charge >= 0.3 is 0 Å². The summed E-state index contributed by atoms with van der Waals surface area (Å²) in [4.78, 5) is 14.7. The molecule has 6 aromatic carbocycles. The van der Waals surface area contributed by atoms with Gasteiger partial charge in [-0.05, 0) is 81.5 Å². The van der Waals surface area contributed by atoms with Gasteiger partial charge in [-0.3, -0.25) is 0 Å². The maximum atomic E-state index is 9.84. The summed E-state index contributed by atoms with van der Waals surface area (Å²) in [7, 11) is 0. The topological polar surface area (TPSA) is 62.5 Å². The molecular formula is C52H40N4. The highest BCUT2D eigenvalue weighted by molar-refractivity contribution is 5.91. The van der Waals surface area contributed by atoms with Gasteiger partial charge in [0.2, 0.25) is 0 Å². The van der Waals surface area contributed by atoms with Crippen molar-refractivity contribution >= 4 is 5.57 Å². The third-order valence-electron chi connectivity index (χ3n) is 12.1. The van der Waals surface area contributed by atoms with E-state index in [0.29, 0.717) is 17.5 Å². The van der Waals surface area contributed by atoms with Crippen LogP contribution in [0.4, 0.5) is 0 Å². The predicted octanol–water partition coefficient (Wildman–Crippen LogP) is 12.8. The molecule has 1 unspecified atom stereocenters. The van der Waals surface area contributed by atoms with Crippen LogP contribution in [0.25, 0.3) is 62.0 Å². The van der Waals surface area contributed by atoms with E-state index in [-0.39, 0.29) is 11.3 Å². The minimum absolute atomic E-state index is 0.0119. The van der Waals surface area contributed by atoms with Crippen molar-refractivity contribution in [1.29, 1.82) is 5.26 Å². The number of benzene rings is 6. The summed E-state index contributed by atoms with van der Waals surface area (Å²) >= 11 is 0. The molecule has 4 nitrogen and oxygen atoms in total. The highest BCUT2D eigenvalue weighted by Gasteiger charge is 2.45. The predicted molar refractivity (Wildman–Crippen MR) is 227 cm³/mol. The third-order valence-corrected chi connectivity index (χ3v) is 12.1. The molecule has 0 saturated heterocycles. The second-order valence-electron chi connectivity index (χ2n) is 15.4. The lowest BCUT2D eigenvalue weighted by molar-refractivity contribution is 0.353. The molecular weight excluding hydrogens is 681 g/mol. The van der Waals surface area contributed by atoms with Crippen LogP contribution >= 0.6 is 0 Å². The summed E-state index contributed by atoms with van der Waals surface area (Å²) in [6, 6.07) is 53.6. The van der Waals surface area contributed by atoms with E-state index in [9.17, 15) is 5.26 Å². The van der Waals surface area contributed by atoms with Crippen molar-refractivity contribution in [3.8, 4) is 62.5 Å². The molecule has 1 fully saturated rings. The Balaban J connectivity index is 0.944. The van der Waals surface area contributed by atoms with E-state index in [4.69, 9.17) is 15.0 Å². The van der Waals surface area contributed by atoms with E-state index in [0.717, 1.165) is 47.1 Å². The number of nitrogens with zero attached hydrogens (tertiary/aromatic N) is 4. The molecule has 4 heteroatoms. The summed E-state index contributed by atoms with van der Waals surface area (Å²) in [6.07, 6.45) is 13.9. The third kappa shape index (κ3) is 5.97. The van der Waals surface area contributed by atoms with Gasteiger partial charge in [0.15, 0.2) is 17.5 Å². The van der Waals surface area contributed by atoms with Gasteiger partial charge in [0.1, 0.15) is 0 Å². The minimum atomic E-state index is 0.0119. The van der Waals surface area contributed by atoms with Crippen molar-refractivity contribution in [3.63, 3.8) is 0 Å². The van der Waals surface area contributed by atoms with E-state index < -0.39 is 0 Å². The Kier molecular flexibility index (Phi) is 8.57. The number of rotatable bonds is 6. The fourth-order valence-corrected chi connectivity index (χ4v) is 9.38. The number of nitriles is 1. The molecule has 7 aromatic rings. The zero-order valence-electron chi connectivity index (χ0n) is 31.2. The molecule has 1 aromatic heterocycles. The molecule has 0 bridgehead atoms. The fraction of sp³-hybridized carbons (Fsp3) is 0.154. The van der Waals surface area contributed by atoms with E-state index >= 15 is 0 Å². The van der Waals surface area contributed by atoms with Gasteiger partial charge in [0.05, 0.1) is 11.6 Å². The van der Waals surface area contributed by atoms with E-state index in [1.165, 1.54) is 63.8 Å². The van der Waals surface area contributed by atoms with Crippen molar-refractivity contribution in [2.45, 2.75) is 49.9 Å². The average molecular weight is 721 g/mol. The summed E-state index contributed by atoms with van der Waals surface area (Å²) in [5, 5.41) is 9.84. The van der Waals surface area contributed by atoms with Gasteiger partial charge in [-0.1, -0.05) is 171 Å². The van der Waals surface area contributed by atoms with Gasteiger partial charge in [-0.25, -0.2) is 15.0 Å². The molecule has 268 valence electrons. The summed E-state index contributed by atoms with van der Waals surface area (Å²) in [5.74, 6) is 2.23. The zero-order valence-corrected chi connectivity index (χ0v) is 31.2. The number of fused-ring (bicyclic) bond motifs is 5. The molecule has 3 aliphatic rings. The lowest BCUT2D eigenvalue weighted by Crippen LogP contribution is -2.28.